The van der Waals surface area contributed by atoms with Crippen LogP contribution >= 0.6 is 0 Å². The molecule has 9 N–H and O–H groups in total. The average Bonchev–Trinajstić information content (AvgIpc) is 1.61. The first-order valence-corrected chi connectivity index (χ1v) is 34.0. The van der Waals surface area contributed by atoms with Gasteiger partial charge >= 0.3 is 5.97 Å². The van der Waals surface area contributed by atoms with Crippen LogP contribution in [-0.2, 0) is 127 Å². The van der Waals surface area contributed by atoms with E-state index in [1.807, 2.05) is 0 Å². The molecule has 4 atom stereocenters. The highest BCUT2D eigenvalue weighted by atomic mass is 19.1. The van der Waals surface area contributed by atoms with Crippen molar-refractivity contribution in [1.29, 1.82) is 0 Å². The zero-order valence-corrected chi connectivity index (χ0v) is 57.5. The molecular weight excluding hydrogens is 1360 g/mol. The molecule has 0 fully saturated rings. The lowest BCUT2D eigenvalue weighted by Gasteiger charge is -2.31. The third-order valence-corrected chi connectivity index (χ3v) is 17.0. The highest BCUT2D eigenvalue weighted by molar-refractivity contribution is 6.13. The summed E-state index contributed by atoms with van der Waals surface area (Å²) >= 11 is 0. The van der Waals surface area contributed by atoms with Crippen LogP contribution in [0, 0.1) is 12.7 Å². The monoisotopic (exact) mass is 1440 g/mol. The predicted molar refractivity (Wildman–Crippen MR) is 359 cm³/mol. The number of imide groups is 1. The van der Waals surface area contributed by atoms with Crippen LogP contribution in [0.5, 0.6) is 0 Å². The lowest BCUT2D eigenvalue weighted by atomic mass is 9.81. The van der Waals surface area contributed by atoms with Gasteiger partial charge in [-0.15, -0.1) is 0 Å². The number of halogens is 1. The number of aromatic nitrogens is 2. The van der Waals surface area contributed by atoms with Crippen molar-refractivity contribution in [2.75, 3.05) is 152 Å². The van der Waals surface area contributed by atoms with Gasteiger partial charge in [-0.25, -0.2) is 14.2 Å². The van der Waals surface area contributed by atoms with Crippen molar-refractivity contribution in [3.8, 4) is 11.4 Å². The number of pyridine rings is 2. The number of carbonyl (C=O) groups is 10. The number of hydrogen-bond donors (Lipinski definition) is 9. The molecule has 0 spiro atoms. The van der Waals surface area contributed by atoms with Crippen molar-refractivity contribution in [3.63, 3.8) is 0 Å². The zero-order chi connectivity index (χ0) is 73.7. The van der Waals surface area contributed by atoms with Gasteiger partial charge in [0.15, 0.2) is 11.7 Å². The number of rotatable bonds is 47. The van der Waals surface area contributed by atoms with E-state index in [2.05, 4.69) is 37.2 Å². The summed E-state index contributed by atoms with van der Waals surface area (Å²) < 4.78 is 71.2. The fraction of sp³-hybridized carbons (Fsp3) is 0.536. The van der Waals surface area contributed by atoms with Gasteiger partial charge in [-0.1, -0.05) is 37.3 Å². The second-order valence-electron chi connectivity index (χ2n) is 24.0. The van der Waals surface area contributed by atoms with E-state index in [0.717, 1.165) is 4.90 Å². The second-order valence-corrected chi connectivity index (χ2v) is 24.0. The molecule has 0 saturated carbocycles. The van der Waals surface area contributed by atoms with Crippen LogP contribution in [0.3, 0.4) is 0 Å². The first-order valence-electron chi connectivity index (χ1n) is 34.0. The van der Waals surface area contributed by atoms with Gasteiger partial charge in [0, 0.05) is 67.1 Å². The van der Waals surface area contributed by atoms with E-state index < -0.39 is 121 Å². The Labute approximate surface area is 591 Å². The van der Waals surface area contributed by atoms with Crippen LogP contribution in [0.4, 0.5) is 4.39 Å². The molecule has 4 aromatic rings. The van der Waals surface area contributed by atoms with E-state index >= 15 is 4.39 Å². The van der Waals surface area contributed by atoms with Gasteiger partial charge in [-0.2, -0.15) is 0 Å². The van der Waals surface area contributed by atoms with E-state index in [-0.39, 0.29) is 101 Å². The Morgan fingerprint density at radius 2 is 1.22 bits per heavy atom. The molecule has 34 heteroatoms. The molecule has 0 radical (unpaired) electrons. The number of esters is 1. The average molecular weight is 1450 g/mol. The lowest BCUT2D eigenvalue weighted by Crippen LogP contribution is -2.52. The standard InChI is InChI=1S/C69H89FN10O23/c1-3-69(93)48-34-53-64-46(39-80(53)67(91)47(48)40-103-68(69)92)63-50(10-9-45-43(2)49(70)35-51(77-64)62(45)63)78-66(90)54(81)41-102-42-75-58(85)37-74-65(89)52(33-44-7-5-4-6-8-44)76-59(86)38-73-57(84)36-72-56(83)14-17-94-19-21-96-23-25-98-27-29-100-31-32-101-30-28-99-26-24-97-22-20-95-18-15-71-55(82)13-16-79-60(87)11-12-61(79)88/h4-8,11-12,34-35,50,52,54,81,93H,3,9-10,13-33,36-42H2,1-2H3,(H,71,82)(H,72,83)(H,73,84)(H,74,89)(H,75,85)(H,76,86)(H,78,90)/t50-,52-,54+,69-/m0/s1. The first kappa shape index (κ1) is 79.6. The van der Waals surface area contributed by atoms with Crippen molar-refractivity contribution in [2.24, 2.45) is 0 Å². The van der Waals surface area contributed by atoms with Gasteiger partial charge in [0.05, 0.1) is 167 Å². The molecule has 0 bridgehead atoms. The highest BCUT2D eigenvalue weighted by Gasteiger charge is 2.46. The maximum Gasteiger partial charge on any atom is 0.343 e. The summed E-state index contributed by atoms with van der Waals surface area (Å²) in [7, 11) is 0. The minimum atomic E-state index is -2.08. The fourth-order valence-corrected chi connectivity index (χ4v) is 11.5. The van der Waals surface area contributed by atoms with Gasteiger partial charge in [0.25, 0.3) is 23.3 Å². The number of aryl methyl sites for hydroxylation is 1. The molecule has 33 nitrogen and oxygen atoms in total. The van der Waals surface area contributed by atoms with Crippen molar-refractivity contribution in [3.05, 3.63) is 110 Å². The lowest BCUT2D eigenvalue weighted by molar-refractivity contribution is -0.172. The highest BCUT2D eigenvalue weighted by Crippen LogP contribution is 2.46. The van der Waals surface area contributed by atoms with Gasteiger partial charge in [-0.3, -0.25) is 52.8 Å². The molecule has 8 rings (SSSR count). The molecule has 2 aromatic carbocycles. The topological polar surface area (TPSA) is 426 Å². The first-order chi connectivity index (χ1) is 49.8. The molecule has 0 unspecified atom stereocenters. The Balaban J connectivity index is 0.617. The molecule has 5 heterocycles. The van der Waals surface area contributed by atoms with Crippen molar-refractivity contribution in [2.45, 2.75) is 89.3 Å². The molecule has 103 heavy (non-hydrogen) atoms. The minimum absolute atomic E-state index is 0.00132. The SMILES string of the molecule is CC[C@@]1(O)C(=O)OCc2c1cc1n(c2=O)Cc2c-1nc1cc(F)c(C)c3c1c2[C@@H](NC(=O)[C@H](O)COCNC(=O)CNC(=O)[C@H](Cc1ccccc1)NC(=O)CNC(=O)CNC(=O)CCOCCOCCOCCOCCOCCOCCOCCOCCNC(=O)CCN1C(=O)C=CC1=O)CC3. The van der Waals surface area contributed by atoms with Crippen LogP contribution in [0.1, 0.15) is 77.6 Å². The number of cyclic esters (lactones) is 1. The number of aliphatic hydroxyl groups is 2. The quantitative estimate of drug-likeness (QED) is 0.00890. The smallest absolute Gasteiger partial charge is 0.343 e. The normalized spacial score (nSPS) is 16.1. The number of carbonyl (C=O) groups excluding carboxylic acids is 10. The number of fused-ring (bicyclic) bond motifs is 5. The fourth-order valence-electron chi connectivity index (χ4n) is 11.5. The number of nitrogens with one attached hydrogen (secondary N) is 7. The predicted octanol–water partition coefficient (Wildman–Crippen LogP) is -1.89. The van der Waals surface area contributed by atoms with Gasteiger partial charge in [-0.05, 0) is 54.5 Å². The van der Waals surface area contributed by atoms with Crippen LogP contribution in [-0.4, -0.2) is 248 Å². The van der Waals surface area contributed by atoms with Crippen LogP contribution < -0.4 is 42.8 Å². The molecule has 2 aromatic heterocycles. The van der Waals surface area contributed by atoms with E-state index in [4.69, 9.17) is 52.4 Å². The Morgan fingerprint density at radius 3 is 1.84 bits per heavy atom. The summed E-state index contributed by atoms with van der Waals surface area (Å²) in [6.45, 7) is 5.79. The van der Waals surface area contributed by atoms with Gasteiger partial charge < -0.3 is 99.4 Å². The van der Waals surface area contributed by atoms with Gasteiger partial charge in [0.2, 0.25) is 35.4 Å². The summed E-state index contributed by atoms with van der Waals surface area (Å²) in [4.78, 5) is 145. The van der Waals surface area contributed by atoms with Crippen LogP contribution in [0.2, 0.25) is 0 Å². The number of benzene rings is 2. The van der Waals surface area contributed by atoms with Crippen LogP contribution in [0.15, 0.2) is 59.4 Å². The summed E-state index contributed by atoms with van der Waals surface area (Å²) in [6.07, 6.45) is 1.13. The molecule has 560 valence electrons. The van der Waals surface area contributed by atoms with E-state index in [1.54, 1.807) is 44.2 Å². The maximum atomic E-state index is 15.4. The van der Waals surface area contributed by atoms with E-state index in [9.17, 15) is 63.0 Å². The summed E-state index contributed by atoms with van der Waals surface area (Å²) in [5.41, 5.74) is 1.36. The molecule has 9 amide bonds. The summed E-state index contributed by atoms with van der Waals surface area (Å²) in [6, 6.07) is 9.56. The minimum Gasteiger partial charge on any atom is -0.458 e. The molecular formula is C69H89FN10O23. The molecule has 1 aliphatic carbocycles. The Bertz CT molecular complexity index is 3730. The third kappa shape index (κ3) is 23.2. The number of ether oxygens (including phenoxy) is 10. The van der Waals surface area contributed by atoms with E-state index in [1.165, 1.54) is 28.9 Å². The number of hydrogen-bond acceptors (Lipinski definition) is 24. The van der Waals surface area contributed by atoms with Crippen molar-refractivity contribution < 1.29 is 110 Å². The van der Waals surface area contributed by atoms with E-state index in [0.29, 0.717) is 137 Å². The Morgan fingerprint density at radius 1 is 0.660 bits per heavy atom. The van der Waals surface area contributed by atoms with Gasteiger partial charge in [0.1, 0.15) is 25.2 Å². The molecule has 4 aliphatic rings. The Hall–Kier alpha value is -9.07. The van der Waals surface area contributed by atoms with Crippen molar-refractivity contribution >= 4 is 70.0 Å². The third-order valence-electron chi connectivity index (χ3n) is 17.0. The number of aliphatic hydroxyl groups excluding tert-OH is 1. The Kier molecular flexibility index (Phi) is 31.5. The number of nitrogens with zero attached hydrogens (tertiary/aromatic N) is 3. The largest absolute Gasteiger partial charge is 0.458 e. The summed E-state index contributed by atoms with van der Waals surface area (Å²) in [5.74, 6) is -6.71. The number of amides is 9. The maximum absolute atomic E-state index is 15.4. The van der Waals surface area contributed by atoms with Crippen LogP contribution in [0.25, 0.3) is 22.3 Å². The molecule has 3 aliphatic heterocycles. The molecule has 0 saturated heterocycles. The zero-order valence-electron chi connectivity index (χ0n) is 57.5. The summed E-state index contributed by atoms with van der Waals surface area (Å²) in [5, 5.41) is 40.8. The van der Waals surface area contributed by atoms with Crippen molar-refractivity contribution in [1.82, 2.24) is 51.7 Å². The second kappa shape index (κ2) is 40.7.